The van der Waals surface area contributed by atoms with Crippen molar-refractivity contribution >= 4 is 23.8 Å². The Labute approximate surface area is 273 Å². The molecule has 2 unspecified atom stereocenters. The molecule has 2 aromatic rings. The van der Waals surface area contributed by atoms with Crippen LogP contribution in [0.25, 0.3) is 0 Å². The zero-order valence-corrected chi connectivity index (χ0v) is 26.8. The van der Waals surface area contributed by atoms with Crippen LogP contribution in [-0.2, 0) is 32.0 Å². The third kappa shape index (κ3) is 16.3. The number of carbonyl (C=O) groups is 4. The lowest BCUT2D eigenvalue weighted by Gasteiger charge is -2.17. The molecule has 0 spiro atoms. The molecule has 10 heteroatoms. The Morgan fingerprint density at radius 1 is 0.630 bits per heavy atom. The van der Waals surface area contributed by atoms with E-state index in [1.165, 1.54) is 0 Å². The first-order chi connectivity index (χ1) is 22.2. The molecule has 2 rings (SSSR count). The Balaban J connectivity index is 1.46. The average Bonchev–Trinajstić information content (AvgIpc) is 3.04. The van der Waals surface area contributed by atoms with Crippen molar-refractivity contribution in [1.82, 2.24) is 10.6 Å². The molecule has 0 bridgehead atoms. The van der Waals surface area contributed by atoms with E-state index in [0.717, 1.165) is 68.9 Å². The number of hydrogen-bond donors (Lipinski definition) is 6. The van der Waals surface area contributed by atoms with Gasteiger partial charge in [-0.3, -0.25) is 19.2 Å². The van der Waals surface area contributed by atoms with Gasteiger partial charge >= 0.3 is 11.9 Å². The van der Waals surface area contributed by atoms with Crippen LogP contribution in [0, 0.1) is 11.8 Å². The second-order valence-corrected chi connectivity index (χ2v) is 12.0. The van der Waals surface area contributed by atoms with Gasteiger partial charge in [0, 0.05) is 6.54 Å². The minimum absolute atomic E-state index is 0.0667. The summed E-state index contributed by atoms with van der Waals surface area (Å²) in [5.74, 6) is -4.04. The van der Waals surface area contributed by atoms with Crippen molar-refractivity contribution in [2.24, 2.45) is 23.3 Å². The topological polar surface area (TPSA) is 185 Å². The number of nitrogens with one attached hydrogen (secondary N) is 2. The molecule has 0 saturated heterocycles. The Kier molecular flexibility index (Phi) is 18.7. The molecular weight excluding hydrogens is 584 g/mol. The molecule has 0 radical (unpaired) electrons. The van der Waals surface area contributed by atoms with E-state index in [2.05, 4.69) is 10.6 Å². The highest BCUT2D eigenvalue weighted by molar-refractivity contribution is 5.83. The van der Waals surface area contributed by atoms with E-state index in [-0.39, 0.29) is 24.7 Å². The first-order valence-corrected chi connectivity index (χ1v) is 16.4. The van der Waals surface area contributed by atoms with Gasteiger partial charge < -0.3 is 32.3 Å². The van der Waals surface area contributed by atoms with Crippen LogP contribution >= 0.6 is 0 Å². The number of rotatable bonds is 24. The van der Waals surface area contributed by atoms with E-state index in [1.807, 2.05) is 66.7 Å². The molecular formula is C36H52N4O6. The summed E-state index contributed by atoms with van der Waals surface area (Å²) in [5.41, 5.74) is 13.8. The van der Waals surface area contributed by atoms with Gasteiger partial charge in [-0.05, 0) is 62.3 Å². The van der Waals surface area contributed by atoms with Crippen molar-refractivity contribution in [3.8, 4) is 0 Å². The van der Waals surface area contributed by atoms with E-state index < -0.39 is 35.9 Å². The van der Waals surface area contributed by atoms with Gasteiger partial charge in [0.15, 0.2) is 0 Å². The van der Waals surface area contributed by atoms with Gasteiger partial charge in [-0.25, -0.2) is 0 Å². The molecule has 0 aromatic heterocycles. The number of aliphatic carboxylic acids is 2. The number of carboxylic acids is 2. The number of unbranched alkanes of at least 4 members (excludes halogenated alkanes) is 8. The summed E-state index contributed by atoms with van der Waals surface area (Å²) in [6.45, 7) is 0.532. The van der Waals surface area contributed by atoms with E-state index in [0.29, 0.717) is 19.4 Å². The lowest BCUT2D eigenvalue weighted by Crippen LogP contribution is -2.43. The Morgan fingerprint density at radius 3 is 1.54 bits per heavy atom. The van der Waals surface area contributed by atoms with E-state index >= 15 is 0 Å². The summed E-state index contributed by atoms with van der Waals surface area (Å²) >= 11 is 0. The molecule has 46 heavy (non-hydrogen) atoms. The zero-order chi connectivity index (χ0) is 33.6. The minimum Gasteiger partial charge on any atom is -0.481 e. The van der Waals surface area contributed by atoms with Crippen molar-refractivity contribution < 1.29 is 29.4 Å². The van der Waals surface area contributed by atoms with Crippen LogP contribution in [-0.4, -0.2) is 52.6 Å². The second kappa shape index (κ2) is 22.5. The highest BCUT2D eigenvalue weighted by atomic mass is 16.4. The van der Waals surface area contributed by atoms with Gasteiger partial charge in [-0.2, -0.15) is 0 Å². The van der Waals surface area contributed by atoms with Crippen LogP contribution in [0.15, 0.2) is 72.9 Å². The molecule has 0 aliphatic rings. The second-order valence-electron chi connectivity index (χ2n) is 12.0. The third-order valence-electron chi connectivity index (χ3n) is 8.04. The van der Waals surface area contributed by atoms with E-state index in [9.17, 15) is 29.4 Å². The maximum Gasteiger partial charge on any atom is 0.306 e. The van der Waals surface area contributed by atoms with E-state index in [1.54, 1.807) is 6.20 Å². The van der Waals surface area contributed by atoms with Crippen LogP contribution in [0.1, 0.15) is 81.8 Å². The van der Waals surface area contributed by atoms with Crippen LogP contribution in [0.5, 0.6) is 0 Å². The molecule has 0 heterocycles. The summed E-state index contributed by atoms with van der Waals surface area (Å²) in [5, 5.41) is 24.6. The number of carbonyl (C=O) groups excluding carboxylic acids is 2. The fraction of sp³-hybridized carbons (Fsp3) is 0.500. The third-order valence-corrected chi connectivity index (χ3v) is 8.04. The minimum atomic E-state index is -0.962. The Bertz CT molecular complexity index is 1210. The molecule has 2 amide bonds. The molecule has 0 aliphatic carbocycles. The number of amides is 2. The molecule has 0 saturated carbocycles. The highest BCUT2D eigenvalue weighted by Crippen LogP contribution is 2.16. The molecule has 0 aliphatic heterocycles. The normalized spacial score (nSPS) is 13.9. The zero-order valence-electron chi connectivity index (χ0n) is 26.8. The maximum absolute atomic E-state index is 12.4. The van der Waals surface area contributed by atoms with Crippen molar-refractivity contribution in [3.63, 3.8) is 0 Å². The lowest BCUT2D eigenvalue weighted by molar-refractivity contribution is -0.143. The predicted molar refractivity (Wildman–Crippen MR) is 180 cm³/mol. The van der Waals surface area contributed by atoms with Gasteiger partial charge in [-0.15, -0.1) is 0 Å². The maximum atomic E-state index is 12.4. The van der Waals surface area contributed by atoms with Crippen LogP contribution in [0.2, 0.25) is 0 Å². The molecule has 2 aromatic carbocycles. The van der Waals surface area contributed by atoms with Crippen molar-refractivity contribution in [2.45, 2.75) is 95.6 Å². The molecule has 10 nitrogen and oxygen atoms in total. The monoisotopic (exact) mass is 636 g/mol. The van der Waals surface area contributed by atoms with Gasteiger partial charge in [0.25, 0.3) is 0 Å². The first-order valence-electron chi connectivity index (χ1n) is 16.4. The Hall–Kier alpha value is -4.02. The first kappa shape index (κ1) is 38.2. The SMILES string of the molecule is N[C@@H](CC(Cc1ccccc1)C(=O)O)C(=O)NC=CCCCCCCCCCCNC(=O)[C@@H](N)CC(Cc1ccccc1)C(=O)O. The molecule has 8 N–H and O–H groups in total. The van der Waals surface area contributed by atoms with Gasteiger partial charge in [0.1, 0.15) is 0 Å². The van der Waals surface area contributed by atoms with Crippen LogP contribution < -0.4 is 22.1 Å². The quantitative estimate of drug-likeness (QED) is 0.0905. The molecule has 0 fully saturated rings. The van der Waals surface area contributed by atoms with Gasteiger partial charge in [0.2, 0.25) is 11.8 Å². The van der Waals surface area contributed by atoms with Gasteiger partial charge in [-0.1, -0.05) is 105 Å². The fourth-order valence-corrected chi connectivity index (χ4v) is 5.29. The highest BCUT2D eigenvalue weighted by Gasteiger charge is 2.25. The summed E-state index contributed by atoms with van der Waals surface area (Å²) in [6, 6.07) is 16.9. The lowest BCUT2D eigenvalue weighted by atomic mass is 9.92. The van der Waals surface area contributed by atoms with E-state index in [4.69, 9.17) is 11.5 Å². The largest absolute Gasteiger partial charge is 0.481 e. The molecule has 4 atom stereocenters. The van der Waals surface area contributed by atoms with Crippen molar-refractivity contribution in [1.29, 1.82) is 0 Å². The van der Waals surface area contributed by atoms with Crippen molar-refractivity contribution in [3.05, 3.63) is 84.1 Å². The number of hydrogen-bond acceptors (Lipinski definition) is 6. The van der Waals surface area contributed by atoms with Crippen LogP contribution in [0.3, 0.4) is 0 Å². The number of carboxylic acid groups (broad SMARTS) is 2. The predicted octanol–water partition coefficient (Wildman–Crippen LogP) is 4.57. The van der Waals surface area contributed by atoms with Crippen LogP contribution in [0.4, 0.5) is 0 Å². The number of benzene rings is 2. The standard InChI is InChI=1S/C36H52N4O6/c37-31(25-29(35(43)44)23-27-17-11-9-12-18-27)33(41)39-21-15-7-5-3-1-2-4-6-8-16-22-40-34(42)32(38)26-30(36(45)46)24-28-19-13-10-14-20-28/h9-15,17-21,29-32H,1-8,16,22-26,37-38H2,(H,39,41)(H,40,42)(H,43,44)(H,45,46)/t29?,30?,31-,32-/m0/s1. The summed E-state index contributed by atoms with van der Waals surface area (Å²) < 4.78 is 0. The smallest absolute Gasteiger partial charge is 0.306 e. The summed E-state index contributed by atoms with van der Waals surface area (Å²) in [4.78, 5) is 48.0. The fourth-order valence-electron chi connectivity index (χ4n) is 5.29. The van der Waals surface area contributed by atoms with Gasteiger partial charge in [0.05, 0.1) is 23.9 Å². The number of allylic oxidation sites excluding steroid dienone is 1. The Morgan fingerprint density at radius 2 is 1.07 bits per heavy atom. The summed E-state index contributed by atoms with van der Waals surface area (Å²) in [7, 11) is 0. The number of nitrogens with two attached hydrogens (primary N) is 2. The summed E-state index contributed by atoms with van der Waals surface area (Å²) in [6.07, 6.45) is 13.6. The molecule has 252 valence electrons. The average molecular weight is 637 g/mol. The van der Waals surface area contributed by atoms with Crippen molar-refractivity contribution in [2.75, 3.05) is 6.54 Å².